The van der Waals surface area contributed by atoms with Crippen molar-refractivity contribution in [3.05, 3.63) is 35.4 Å². The molecule has 1 aromatic rings. The van der Waals surface area contributed by atoms with Crippen LogP contribution in [0.3, 0.4) is 0 Å². The van der Waals surface area contributed by atoms with Gasteiger partial charge in [-0.15, -0.1) is 0 Å². The van der Waals surface area contributed by atoms with E-state index in [1.54, 1.807) is 6.21 Å². The van der Waals surface area contributed by atoms with Crippen LogP contribution in [0.4, 0.5) is 13.2 Å². The van der Waals surface area contributed by atoms with E-state index >= 15 is 0 Å². The lowest BCUT2D eigenvalue weighted by Crippen LogP contribution is -2.13. The highest BCUT2D eigenvalue weighted by Crippen LogP contribution is 2.30. The quantitative estimate of drug-likeness (QED) is 0.725. The molecule has 0 aliphatic carbocycles. The maximum atomic E-state index is 12.3. The summed E-state index contributed by atoms with van der Waals surface area (Å²) in [5.74, 6) is 0. The topological polar surface area (TPSA) is 21.6 Å². The molecule has 0 spiro atoms. The van der Waals surface area contributed by atoms with Gasteiger partial charge in [-0.05, 0) is 17.7 Å². The van der Waals surface area contributed by atoms with Gasteiger partial charge in [-0.2, -0.15) is 13.2 Å². The number of aliphatic imine (C=N–C) groups is 1. The molecule has 1 aliphatic rings. The van der Waals surface area contributed by atoms with E-state index in [1.807, 2.05) is 0 Å². The molecule has 0 radical (unpaired) electrons. The van der Waals surface area contributed by atoms with Gasteiger partial charge < -0.3 is 4.74 Å². The van der Waals surface area contributed by atoms with Gasteiger partial charge in [0.1, 0.15) is 0 Å². The van der Waals surface area contributed by atoms with Crippen LogP contribution in [0.15, 0.2) is 29.3 Å². The van der Waals surface area contributed by atoms with Crippen molar-refractivity contribution in [1.82, 2.24) is 0 Å². The van der Waals surface area contributed by atoms with E-state index in [2.05, 4.69) is 4.99 Å². The van der Waals surface area contributed by atoms with Crippen LogP contribution in [0, 0.1) is 0 Å². The van der Waals surface area contributed by atoms with E-state index in [9.17, 15) is 13.2 Å². The summed E-state index contributed by atoms with van der Waals surface area (Å²) in [5.41, 5.74) is 0.0981. The zero-order valence-corrected chi connectivity index (χ0v) is 8.37. The van der Waals surface area contributed by atoms with Crippen molar-refractivity contribution < 1.29 is 17.9 Å². The van der Waals surface area contributed by atoms with Crippen molar-refractivity contribution in [2.24, 2.45) is 4.99 Å². The Morgan fingerprint density at radius 1 is 1.19 bits per heavy atom. The second-order valence-electron chi connectivity index (χ2n) is 3.50. The number of nitrogens with zero attached hydrogens (tertiary/aromatic N) is 1. The number of benzene rings is 1. The first kappa shape index (κ1) is 11.1. The molecule has 0 saturated heterocycles. The molecule has 0 aromatic heterocycles. The van der Waals surface area contributed by atoms with Crippen LogP contribution in [-0.4, -0.2) is 19.4 Å². The summed E-state index contributed by atoms with van der Waals surface area (Å²) in [6.45, 7) is 0.888. The Hall–Kier alpha value is -1.36. The fourth-order valence-electron chi connectivity index (χ4n) is 1.52. The van der Waals surface area contributed by atoms with Crippen LogP contribution in [-0.2, 0) is 10.9 Å². The molecule has 1 aromatic carbocycles. The first-order valence-corrected chi connectivity index (χ1v) is 4.84. The van der Waals surface area contributed by atoms with Gasteiger partial charge in [-0.25, -0.2) is 0 Å². The molecular weight excluding hydrogens is 219 g/mol. The number of hydrogen-bond acceptors (Lipinski definition) is 2. The van der Waals surface area contributed by atoms with Crippen molar-refractivity contribution in [2.45, 2.75) is 12.2 Å². The summed E-state index contributed by atoms with van der Waals surface area (Å²) in [6.07, 6.45) is -2.66. The third kappa shape index (κ3) is 2.41. The molecule has 0 saturated carbocycles. The third-order valence-electron chi connectivity index (χ3n) is 2.38. The average molecular weight is 229 g/mol. The minimum atomic E-state index is -4.29. The Labute approximate surface area is 90.8 Å². The highest BCUT2D eigenvalue weighted by molar-refractivity contribution is 5.59. The molecule has 1 aliphatic heterocycles. The lowest BCUT2D eigenvalue weighted by Gasteiger charge is -2.17. The maximum Gasteiger partial charge on any atom is 0.416 e. The molecule has 0 N–H and O–H groups in total. The smallest absolute Gasteiger partial charge is 0.373 e. The van der Waals surface area contributed by atoms with Crippen molar-refractivity contribution in [3.63, 3.8) is 0 Å². The van der Waals surface area contributed by atoms with Gasteiger partial charge in [0, 0.05) is 6.21 Å². The average Bonchev–Trinajstić information content (AvgIpc) is 2.29. The molecule has 1 atom stereocenters. The third-order valence-corrected chi connectivity index (χ3v) is 2.38. The number of ether oxygens (including phenoxy) is 1. The van der Waals surface area contributed by atoms with Crippen LogP contribution in [0.25, 0.3) is 0 Å². The van der Waals surface area contributed by atoms with Gasteiger partial charge in [-0.3, -0.25) is 4.99 Å². The fourth-order valence-corrected chi connectivity index (χ4v) is 1.52. The van der Waals surface area contributed by atoms with Crippen LogP contribution in [0.2, 0.25) is 0 Å². The molecule has 0 fully saturated rings. The molecule has 5 heteroatoms. The van der Waals surface area contributed by atoms with E-state index in [0.29, 0.717) is 13.2 Å². The molecule has 0 unspecified atom stereocenters. The SMILES string of the molecule is FC(F)(F)c1ccc([C@H]2COCC=N2)cc1. The van der Waals surface area contributed by atoms with Crippen molar-refractivity contribution in [1.29, 1.82) is 0 Å². The first-order chi connectivity index (χ1) is 7.57. The Morgan fingerprint density at radius 2 is 1.88 bits per heavy atom. The Bertz CT molecular complexity index is 383. The number of halogens is 3. The summed E-state index contributed by atoms with van der Waals surface area (Å²) in [6, 6.07) is 4.84. The molecule has 16 heavy (non-hydrogen) atoms. The van der Waals surface area contributed by atoms with Crippen molar-refractivity contribution in [2.75, 3.05) is 13.2 Å². The Kier molecular flexibility index (Phi) is 2.96. The molecule has 0 bridgehead atoms. The summed E-state index contributed by atoms with van der Waals surface area (Å²) < 4.78 is 42.1. The molecule has 0 amide bonds. The molecule has 2 rings (SSSR count). The first-order valence-electron chi connectivity index (χ1n) is 4.84. The van der Waals surface area contributed by atoms with Gasteiger partial charge in [-0.1, -0.05) is 12.1 Å². The summed E-state index contributed by atoms with van der Waals surface area (Å²) in [7, 11) is 0. The molecular formula is C11H10F3NO. The zero-order valence-electron chi connectivity index (χ0n) is 8.37. The van der Waals surface area contributed by atoms with Crippen molar-refractivity contribution >= 4 is 6.21 Å². The molecule has 86 valence electrons. The highest BCUT2D eigenvalue weighted by atomic mass is 19.4. The van der Waals surface area contributed by atoms with E-state index in [1.165, 1.54) is 12.1 Å². The van der Waals surface area contributed by atoms with Crippen LogP contribution < -0.4 is 0 Å². The van der Waals surface area contributed by atoms with E-state index < -0.39 is 11.7 Å². The van der Waals surface area contributed by atoms with Gasteiger partial charge >= 0.3 is 6.18 Å². The van der Waals surface area contributed by atoms with Gasteiger partial charge in [0.25, 0.3) is 0 Å². The lowest BCUT2D eigenvalue weighted by molar-refractivity contribution is -0.137. The summed E-state index contributed by atoms with van der Waals surface area (Å²) in [5, 5.41) is 0. The zero-order chi connectivity index (χ0) is 11.6. The van der Waals surface area contributed by atoms with E-state index in [-0.39, 0.29) is 6.04 Å². The van der Waals surface area contributed by atoms with Gasteiger partial charge in [0.2, 0.25) is 0 Å². The highest BCUT2D eigenvalue weighted by Gasteiger charge is 2.30. The minimum Gasteiger partial charge on any atom is -0.373 e. The predicted octanol–water partition coefficient (Wildman–Crippen LogP) is 2.85. The molecule has 2 nitrogen and oxygen atoms in total. The van der Waals surface area contributed by atoms with Crippen LogP contribution in [0.1, 0.15) is 17.2 Å². The lowest BCUT2D eigenvalue weighted by atomic mass is 10.1. The van der Waals surface area contributed by atoms with Gasteiger partial charge in [0.15, 0.2) is 0 Å². The standard InChI is InChI=1S/C11H10F3NO/c12-11(13,14)9-3-1-8(2-4-9)10-7-16-6-5-15-10/h1-5,10H,6-7H2/t10-/m1/s1. The predicted molar refractivity (Wildman–Crippen MR) is 53.5 cm³/mol. The summed E-state index contributed by atoms with van der Waals surface area (Å²) in [4.78, 5) is 4.16. The summed E-state index contributed by atoms with van der Waals surface area (Å²) >= 11 is 0. The number of hydrogen-bond donors (Lipinski definition) is 0. The number of rotatable bonds is 1. The Morgan fingerprint density at radius 3 is 2.38 bits per heavy atom. The van der Waals surface area contributed by atoms with Crippen LogP contribution in [0.5, 0.6) is 0 Å². The van der Waals surface area contributed by atoms with Crippen molar-refractivity contribution in [3.8, 4) is 0 Å². The minimum absolute atomic E-state index is 0.184. The largest absolute Gasteiger partial charge is 0.416 e. The number of alkyl halides is 3. The Balaban J connectivity index is 2.19. The maximum absolute atomic E-state index is 12.3. The van der Waals surface area contributed by atoms with Gasteiger partial charge in [0.05, 0.1) is 24.8 Å². The monoisotopic (exact) mass is 229 g/mol. The van der Waals surface area contributed by atoms with E-state index in [0.717, 1.165) is 17.7 Å². The second kappa shape index (κ2) is 4.25. The van der Waals surface area contributed by atoms with Crippen LogP contribution >= 0.6 is 0 Å². The normalized spacial score (nSPS) is 21.1. The molecule has 1 heterocycles. The fraction of sp³-hybridized carbons (Fsp3) is 0.364. The second-order valence-corrected chi connectivity index (χ2v) is 3.50. The van der Waals surface area contributed by atoms with E-state index in [4.69, 9.17) is 4.74 Å².